The number of ether oxygens (including phenoxy) is 1. The number of piperidine rings is 1. The summed E-state index contributed by atoms with van der Waals surface area (Å²) in [6.45, 7) is 8.77. The summed E-state index contributed by atoms with van der Waals surface area (Å²) in [6.07, 6.45) is 0.0597. The van der Waals surface area contributed by atoms with E-state index in [-0.39, 0.29) is 12.1 Å². The van der Waals surface area contributed by atoms with Crippen molar-refractivity contribution in [3.05, 3.63) is 35.9 Å². The molecule has 0 radical (unpaired) electrons. The summed E-state index contributed by atoms with van der Waals surface area (Å²) in [5.41, 5.74) is 1.34. The molecule has 1 aromatic rings. The van der Waals surface area contributed by atoms with Gasteiger partial charge >= 0.3 is 5.97 Å². The van der Waals surface area contributed by atoms with Crippen LogP contribution in [0.2, 0.25) is 0 Å². The van der Waals surface area contributed by atoms with Crippen LogP contribution < -0.4 is 0 Å². The van der Waals surface area contributed by atoms with Gasteiger partial charge in [-0.25, -0.2) is 0 Å². The van der Waals surface area contributed by atoms with Crippen LogP contribution in [0.15, 0.2) is 30.3 Å². The van der Waals surface area contributed by atoms with Crippen LogP contribution in [0.25, 0.3) is 0 Å². The Kier molecular flexibility index (Phi) is 4.59. The lowest BCUT2D eigenvalue weighted by Gasteiger charge is -2.40. The molecule has 0 aliphatic carbocycles. The van der Waals surface area contributed by atoms with E-state index in [4.69, 9.17) is 4.74 Å². The Bertz CT molecular complexity index is 406. The van der Waals surface area contributed by atoms with Gasteiger partial charge in [0.25, 0.3) is 0 Å². The quantitative estimate of drug-likeness (QED) is 0.784. The van der Waals surface area contributed by atoms with Crippen molar-refractivity contribution in [2.75, 3.05) is 13.1 Å². The van der Waals surface area contributed by atoms with Crippen molar-refractivity contribution in [1.82, 2.24) is 4.90 Å². The predicted octanol–water partition coefficient (Wildman–Crippen LogP) is 2.71. The Hall–Kier alpha value is -1.35. The van der Waals surface area contributed by atoms with Gasteiger partial charge in [0.15, 0.2) is 0 Å². The van der Waals surface area contributed by atoms with Gasteiger partial charge in [0.1, 0.15) is 6.10 Å². The molecule has 0 aromatic heterocycles. The summed E-state index contributed by atoms with van der Waals surface area (Å²) in [5, 5.41) is 0. The second kappa shape index (κ2) is 6.20. The van der Waals surface area contributed by atoms with Crippen LogP contribution in [0.4, 0.5) is 0 Å². The minimum atomic E-state index is -0.166. The van der Waals surface area contributed by atoms with E-state index in [0.29, 0.717) is 11.8 Å². The van der Waals surface area contributed by atoms with Gasteiger partial charge in [0.2, 0.25) is 0 Å². The lowest BCUT2D eigenvalue weighted by atomic mass is 9.88. The first-order valence-electron chi connectivity index (χ1n) is 6.99. The Labute approximate surface area is 115 Å². The molecule has 1 fully saturated rings. The molecule has 3 atom stereocenters. The maximum atomic E-state index is 11.1. The third-order valence-electron chi connectivity index (χ3n) is 3.77. The van der Waals surface area contributed by atoms with Gasteiger partial charge in [-0.3, -0.25) is 9.69 Å². The van der Waals surface area contributed by atoms with Crippen LogP contribution in [0.3, 0.4) is 0 Å². The highest BCUT2D eigenvalue weighted by molar-refractivity contribution is 5.66. The molecule has 3 heteroatoms. The van der Waals surface area contributed by atoms with Crippen LogP contribution in [0.1, 0.15) is 26.3 Å². The van der Waals surface area contributed by atoms with Crippen LogP contribution in [0.5, 0.6) is 0 Å². The molecule has 0 N–H and O–H groups in total. The summed E-state index contributed by atoms with van der Waals surface area (Å²) >= 11 is 0. The summed E-state index contributed by atoms with van der Waals surface area (Å²) < 4.78 is 5.45. The third-order valence-corrected chi connectivity index (χ3v) is 3.77. The number of rotatable bonds is 3. The molecule has 3 nitrogen and oxygen atoms in total. The highest BCUT2D eigenvalue weighted by Gasteiger charge is 2.33. The van der Waals surface area contributed by atoms with E-state index in [1.165, 1.54) is 12.5 Å². The Morgan fingerprint density at radius 2 is 1.79 bits per heavy atom. The summed E-state index contributed by atoms with van der Waals surface area (Å²) in [6, 6.07) is 10.5. The molecule has 2 rings (SSSR count). The maximum absolute atomic E-state index is 11.1. The molecule has 1 aliphatic heterocycles. The Morgan fingerprint density at radius 3 is 2.32 bits per heavy atom. The number of esters is 1. The standard InChI is InChI=1S/C16H23NO2/c1-12-9-17(11-15-7-5-4-6-8-15)10-13(2)16(12)19-14(3)18/h4-8,12-13,16H,9-11H2,1-3H3/t12-,13+,16?. The molecule has 1 aliphatic rings. The number of hydrogen-bond acceptors (Lipinski definition) is 3. The fraction of sp³-hybridized carbons (Fsp3) is 0.562. The fourth-order valence-corrected chi connectivity index (χ4v) is 3.05. The van der Waals surface area contributed by atoms with Crippen molar-refractivity contribution in [2.45, 2.75) is 33.4 Å². The monoisotopic (exact) mass is 261 g/mol. The van der Waals surface area contributed by atoms with Gasteiger partial charge in [0.05, 0.1) is 0 Å². The van der Waals surface area contributed by atoms with Gasteiger partial charge in [-0.2, -0.15) is 0 Å². The van der Waals surface area contributed by atoms with Gasteiger partial charge in [-0.15, -0.1) is 0 Å². The lowest BCUT2D eigenvalue weighted by Crippen LogP contribution is -2.48. The van der Waals surface area contributed by atoms with E-state index >= 15 is 0 Å². The molecular formula is C16H23NO2. The van der Waals surface area contributed by atoms with Gasteiger partial charge in [-0.1, -0.05) is 44.2 Å². The number of carbonyl (C=O) groups is 1. The maximum Gasteiger partial charge on any atom is 0.302 e. The molecule has 1 unspecified atom stereocenters. The average Bonchev–Trinajstić information content (AvgIpc) is 2.35. The minimum Gasteiger partial charge on any atom is -0.462 e. The molecule has 1 saturated heterocycles. The first-order valence-corrected chi connectivity index (χ1v) is 6.99. The summed E-state index contributed by atoms with van der Waals surface area (Å²) in [4.78, 5) is 13.6. The van der Waals surface area contributed by atoms with Crippen LogP contribution in [-0.4, -0.2) is 30.1 Å². The van der Waals surface area contributed by atoms with Crippen molar-refractivity contribution in [1.29, 1.82) is 0 Å². The first kappa shape index (κ1) is 14.1. The largest absolute Gasteiger partial charge is 0.462 e. The predicted molar refractivity (Wildman–Crippen MR) is 75.6 cm³/mol. The fourth-order valence-electron chi connectivity index (χ4n) is 3.05. The van der Waals surface area contributed by atoms with Gasteiger partial charge < -0.3 is 4.74 Å². The second-order valence-corrected chi connectivity index (χ2v) is 5.71. The first-order chi connectivity index (χ1) is 9.06. The zero-order valence-corrected chi connectivity index (χ0v) is 12.0. The van der Waals surface area contributed by atoms with Crippen molar-refractivity contribution < 1.29 is 9.53 Å². The number of benzene rings is 1. The highest BCUT2D eigenvalue weighted by atomic mass is 16.5. The van der Waals surface area contributed by atoms with E-state index in [1.54, 1.807) is 0 Å². The zero-order valence-electron chi connectivity index (χ0n) is 12.0. The molecule has 0 spiro atoms. The molecular weight excluding hydrogens is 238 g/mol. The van der Waals surface area contributed by atoms with E-state index in [2.05, 4.69) is 43.0 Å². The van der Waals surface area contributed by atoms with Crippen molar-refractivity contribution >= 4 is 5.97 Å². The molecule has 19 heavy (non-hydrogen) atoms. The molecule has 104 valence electrons. The number of carbonyl (C=O) groups excluding carboxylic acids is 1. The van der Waals surface area contributed by atoms with Crippen molar-refractivity contribution in [3.63, 3.8) is 0 Å². The zero-order chi connectivity index (χ0) is 13.8. The molecule has 0 amide bonds. The van der Waals surface area contributed by atoms with E-state index in [9.17, 15) is 4.79 Å². The summed E-state index contributed by atoms with van der Waals surface area (Å²) in [7, 11) is 0. The van der Waals surface area contributed by atoms with E-state index in [0.717, 1.165) is 19.6 Å². The topological polar surface area (TPSA) is 29.5 Å². The van der Waals surface area contributed by atoms with Crippen molar-refractivity contribution in [3.8, 4) is 0 Å². The molecule has 1 aromatic carbocycles. The van der Waals surface area contributed by atoms with E-state index in [1.807, 2.05) is 6.07 Å². The number of hydrogen-bond donors (Lipinski definition) is 0. The smallest absolute Gasteiger partial charge is 0.302 e. The molecule has 0 bridgehead atoms. The average molecular weight is 261 g/mol. The molecule has 0 saturated carbocycles. The van der Waals surface area contributed by atoms with Gasteiger partial charge in [-0.05, 0) is 5.56 Å². The number of likely N-dealkylation sites (tertiary alicyclic amines) is 1. The SMILES string of the molecule is CC(=O)OC1[C@H](C)CN(Cc2ccccc2)C[C@@H]1C. The highest BCUT2D eigenvalue weighted by Crippen LogP contribution is 2.26. The Balaban J connectivity index is 1.95. The Morgan fingerprint density at radius 1 is 1.21 bits per heavy atom. The van der Waals surface area contributed by atoms with E-state index < -0.39 is 0 Å². The minimum absolute atomic E-state index is 0.0597. The normalized spacial score (nSPS) is 28.1. The van der Waals surface area contributed by atoms with Gasteiger partial charge in [0, 0.05) is 38.4 Å². The third kappa shape index (κ3) is 3.80. The van der Waals surface area contributed by atoms with Crippen LogP contribution in [-0.2, 0) is 16.1 Å². The van der Waals surface area contributed by atoms with Crippen LogP contribution in [0, 0.1) is 11.8 Å². The number of nitrogens with zero attached hydrogens (tertiary/aromatic N) is 1. The summed E-state index contributed by atoms with van der Waals surface area (Å²) in [5.74, 6) is 0.605. The second-order valence-electron chi connectivity index (χ2n) is 5.71. The van der Waals surface area contributed by atoms with Crippen LogP contribution >= 0.6 is 0 Å². The molecule has 1 heterocycles. The lowest BCUT2D eigenvalue weighted by molar-refractivity contribution is -0.156. The van der Waals surface area contributed by atoms with Crippen molar-refractivity contribution in [2.24, 2.45) is 11.8 Å².